The quantitative estimate of drug-likeness (QED) is 0.542. The molecule has 0 aliphatic rings. The number of methoxy groups -OCH3 is 1. The van der Waals surface area contributed by atoms with E-state index in [9.17, 15) is 5.02 Å². The fourth-order valence-electron chi connectivity index (χ4n) is 1.52. The first kappa shape index (κ1) is 14.9. The van der Waals surface area contributed by atoms with Crippen molar-refractivity contribution in [1.29, 1.82) is 0 Å². The van der Waals surface area contributed by atoms with Gasteiger partial charge in [0.1, 0.15) is 11.5 Å². The van der Waals surface area contributed by atoms with Crippen molar-refractivity contribution in [2.24, 2.45) is 0 Å². The van der Waals surface area contributed by atoms with E-state index >= 15 is 0 Å². The van der Waals surface area contributed by atoms with Gasteiger partial charge in [0.05, 0.1) is 7.11 Å². The summed E-state index contributed by atoms with van der Waals surface area (Å²) in [5.74, 6) is 1.30. The summed E-state index contributed by atoms with van der Waals surface area (Å²) < 4.78 is 15.4. The van der Waals surface area contributed by atoms with Crippen molar-refractivity contribution < 1.29 is 19.1 Å². The number of benzene rings is 1. The summed E-state index contributed by atoms with van der Waals surface area (Å²) >= 11 is 0. The van der Waals surface area contributed by atoms with E-state index in [2.05, 4.69) is 6.92 Å². The summed E-state index contributed by atoms with van der Waals surface area (Å²) in [7, 11) is 0.393. The normalized spacial score (nSPS) is 10.2. The minimum absolute atomic E-state index is 0.511. The fourth-order valence-corrected chi connectivity index (χ4v) is 1.52. The predicted molar refractivity (Wildman–Crippen MR) is 71.7 cm³/mol. The lowest BCUT2D eigenvalue weighted by Gasteiger charge is -2.10. The molecule has 0 aliphatic carbocycles. The Hall–Kier alpha value is -1.20. The van der Waals surface area contributed by atoms with E-state index in [1.165, 1.54) is 12.8 Å². The molecule has 1 aromatic carbocycles. The first-order valence-corrected chi connectivity index (χ1v) is 6.36. The van der Waals surface area contributed by atoms with Crippen LogP contribution in [0.2, 0.25) is 0 Å². The van der Waals surface area contributed by atoms with Crippen LogP contribution in [-0.2, 0) is 4.65 Å². The highest BCUT2D eigenvalue weighted by molar-refractivity contribution is 6.35. The third kappa shape index (κ3) is 5.93. The van der Waals surface area contributed by atoms with E-state index in [-0.39, 0.29) is 0 Å². The topological polar surface area (TPSA) is 47.9 Å². The molecule has 0 fully saturated rings. The van der Waals surface area contributed by atoms with Gasteiger partial charge in [-0.2, -0.15) is 0 Å². The molecule has 0 atom stereocenters. The first-order valence-electron chi connectivity index (χ1n) is 6.36. The average Bonchev–Trinajstić information content (AvgIpc) is 2.39. The molecule has 1 rings (SSSR count). The lowest BCUT2D eigenvalue weighted by atomic mass is 10.2. The van der Waals surface area contributed by atoms with Crippen LogP contribution in [0.15, 0.2) is 24.3 Å². The fraction of sp³-hybridized carbons (Fsp3) is 0.538. The Morgan fingerprint density at radius 1 is 1.06 bits per heavy atom. The summed E-state index contributed by atoms with van der Waals surface area (Å²) in [6, 6.07) is 6.98. The van der Waals surface area contributed by atoms with Crippen molar-refractivity contribution in [2.75, 3.05) is 13.7 Å². The molecule has 4 nitrogen and oxygen atoms in total. The predicted octanol–water partition coefficient (Wildman–Crippen LogP) is 2.65. The van der Waals surface area contributed by atoms with E-state index < -0.39 is 7.32 Å². The van der Waals surface area contributed by atoms with Crippen LogP contribution in [0.1, 0.15) is 32.6 Å². The smallest absolute Gasteiger partial charge is 0.512 e. The summed E-state index contributed by atoms with van der Waals surface area (Å²) in [5, 5.41) is 9.51. The van der Waals surface area contributed by atoms with Gasteiger partial charge < -0.3 is 19.1 Å². The zero-order chi connectivity index (χ0) is 13.2. The second kappa shape index (κ2) is 8.83. The largest absolute Gasteiger partial charge is 0.710 e. The molecule has 0 saturated heterocycles. The van der Waals surface area contributed by atoms with Gasteiger partial charge in [-0.15, -0.1) is 0 Å². The lowest BCUT2D eigenvalue weighted by molar-refractivity contribution is 0.189. The molecule has 1 aromatic rings. The van der Waals surface area contributed by atoms with Gasteiger partial charge in [-0.1, -0.05) is 26.2 Å². The third-order valence-corrected chi connectivity index (χ3v) is 2.55. The zero-order valence-electron chi connectivity index (χ0n) is 11.1. The minimum Gasteiger partial charge on any atom is -0.512 e. The maximum Gasteiger partial charge on any atom is 0.710 e. The molecule has 0 unspecified atom stereocenters. The SMILES string of the molecule is CCCCCCOB(O)Oc1ccc(OC)cc1. The standard InChI is InChI=1S/C13H21BO4/c1-3-4-5-6-11-17-14(15)18-13-9-7-12(16-2)8-10-13/h7-10,15H,3-6,11H2,1-2H3. The molecule has 1 N–H and O–H groups in total. The number of hydrogen-bond acceptors (Lipinski definition) is 4. The summed E-state index contributed by atoms with van der Waals surface area (Å²) in [6.07, 6.45) is 4.44. The summed E-state index contributed by atoms with van der Waals surface area (Å²) in [5.41, 5.74) is 0. The Morgan fingerprint density at radius 3 is 2.33 bits per heavy atom. The average molecular weight is 252 g/mol. The molecular weight excluding hydrogens is 231 g/mol. The zero-order valence-corrected chi connectivity index (χ0v) is 11.1. The second-order valence-electron chi connectivity index (χ2n) is 4.03. The highest BCUT2D eigenvalue weighted by Gasteiger charge is 2.17. The molecule has 5 heteroatoms. The summed E-state index contributed by atoms with van der Waals surface area (Å²) in [4.78, 5) is 0. The van der Waals surface area contributed by atoms with Crippen LogP contribution in [0.5, 0.6) is 11.5 Å². The molecule has 0 aliphatic heterocycles. The van der Waals surface area contributed by atoms with Gasteiger partial charge in [0.25, 0.3) is 0 Å². The van der Waals surface area contributed by atoms with Crippen LogP contribution >= 0.6 is 0 Å². The molecule has 0 aromatic heterocycles. The molecule has 18 heavy (non-hydrogen) atoms. The maximum atomic E-state index is 9.51. The Labute approximate surface area is 109 Å². The number of unbranched alkanes of at least 4 members (excludes halogenated alkanes) is 3. The van der Waals surface area contributed by atoms with E-state index in [4.69, 9.17) is 14.0 Å². The van der Waals surface area contributed by atoms with E-state index in [0.717, 1.165) is 18.6 Å². The van der Waals surface area contributed by atoms with E-state index in [1.54, 1.807) is 31.4 Å². The lowest BCUT2D eigenvalue weighted by Crippen LogP contribution is -2.26. The first-order chi connectivity index (χ1) is 8.76. The Morgan fingerprint density at radius 2 is 1.72 bits per heavy atom. The molecule has 0 bridgehead atoms. The van der Waals surface area contributed by atoms with Crippen molar-refractivity contribution in [3.63, 3.8) is 0 Å². The van der Waals surface area contributed by atoms with Crippen LogP contribution < -0.4 is 9.39 Å². The van der Waals surface area contributed by atoms with Gasteiger partial charge >= 0.3 is 7.32 Å². The Balaban J connectivity index is 2.20. The van der Waals surface area contributed by atoms with Crippen molar-refractivity contribution in [3.05, 3.63) is 24.3 Å². The van der Waals surface area contributed by atoms with Gasteiger partial charge in [-0.25, -0.2) is 0 Å². The number of rotatable bonds is 9. The second-order valence-corrected chi connectivity index (χ2v) is 4.03. The van der Waals surface area contributed by atoms with Gasteiger partial charge in [0.2, 0.25) is 0 Å². The molecule has 0 radical (unpaired) electrons. The minimum atomic E-state index is -1.21. The van der Waals surface area contributed by atoms with Crippen LogP contribution in [0.4, 0.5) is 0 Å². The van der Waals surface area contributed by atoms with Gasteiger partial charge in [0, 0.05) is 6.61 Å². The van der Waals surface area contributed by atoms with E-state index in [1.807, 2.05) is 0 Å². The van der Waals surface area contributed by atoms with Crippen molar-refractivity contribution in [3.8, 4) is 11.5 Å². The van der Waals surface area contributed by atoms with Gasteiger partial charge in [0.15, 0.2) is 0 Å². The highest BCUT2D eigenvalue weighted by atomic mass is 16.7. The molecule has 0 heterocycles. The third-order valence-electron chi connectivity index (χ3n) is 2.55. The molecule has 0 spiro atoms. The monoisotopic (exact) mass is 252 g/mol. The van der Waals surface area contributed by atoms with Crippen molar-refractivity contribution in [2.45, 2.75) is 32.6 Å². The van der Waals surface area contributed by atoms with E-state index in [0.29, 0.717) is 12.4 Å². The molecule has 100 valence electrons. The van der Waals surface area contributed by atoms with Crippen LogP contribution in [-0.4, -0.2) is 26.1 Å². The van der Waals surface area contributed by atoms with Gasteiger partial charge in [-0.05, 0) is 30.7 Å². The van der Waals surface area contributed by atoms with Crippen molar-refractivity contribution >= 4 is 7.32 Å². The molecule has 0 saturated carbocycles. The maximum absolute atomic E-state index is 9.51. The van der Waals surface area contributed by atoms with Crippen molar-refractivity contribution in [1.82, 2.24) is 0 Å². The van der Waals surface area contributed by atoms with Crippen LogP contribution in [0.3, 0.4) is 0 Å². The molecular formula is C13H21BO4. The Kier molecular flexibility index (Phi) is 7.29. The number of hydrogen-bond donors (Lipinski definition) is 1. The Bertz CT molecular complexity index is 315. The summed E-state index contributed by atoms with van der Waals surface area (Å²) in [6.45, 7) is 2.67. The van der Waals surface area contributed by atoms with Crippen LogP contribution in [0, 0.1) is 0 Å². The highest BCUT2D eigenvalue weighted by Crippen LogP contribution is 2.17. The van der Waals surface area contributed by atoms with Gasteiger partial charge in [-0.3, -0.25) is 0 Å². The van der Waals surface area contributed by atoms with Crippen LogP contribution in [0.25, 0.3) is 0 Å². The molecule has 0 amide bonds. The number of ether oxygens (including phenoxy) is 1.